The van der Waals surface area contributed by atoms with E-state index in [-0.39, 0.29) is 10.8 Å². The fraction of sp³-hybridized carbons (Fsp3) is 0.143. The first kappa shape index (κ1) is 15.1. The van der Waals surface area contributed by atoms with Gasteiger partial charge in [-0.25, -0.2) is 8.78 Å². The number of anilines is 1. The maximum Gasteiger partial charge on any atom is 0.165 e. The van der Waals surface area contributed by atoms with Crippen LogP contribution in [0.4, 0.5) is 14.5 Å². The van der Waals surface area contributed by atoms with E-state index in [4.69, 9.17) is 16.3 Å². The highest BCUT2D eigenvalue weighted by Gasteiger charge is 2.09. The summed E-state index contributed by atoms with van der Waals surface area (Å²) in [7, 11) is 1.41. The van der Waals surface area contributed by atoms with Crippen LogP contribution in [0.25, 0.3) is 0 Å². The zero-order valence-electron chi connectivity index (χ0n) is 10.5. The summed E-state index contributed by atoms with van der Waals surface area (Å²) < 4.78 is 32.0. The van der Waals surface area contributed by atoms with E-state index in [0.717, 1.165) is 5.56 Å². The van der Waals surface area contributed by atoms with Crippen molar-refractivity contribution >= 4 is 33.2 Å². The first-order chi connectivity index (χ1) is 9.51. The Labute approximate surface area is 128 Å². The summed E-state index contributed by atoms with van der Waals surface area (Å²) in [6, 6.07) is 7.18. The Morgan fingerprint density at radius 1 is 1.25 bits per heavy atom. The summed E-state index contributed by atoms with van der Waals surface area (Å²) in [5, 5.41) is 3.29. The van der Waals surface area contributed by atoms with E-state index in [2.05, 4.69) is 21.2 Å². The molecular formula is C14H11BrClF2NO. The van der Waals surface area contributed by atoms with Gasteiger partial charge in [0.2, 0.25) is 0 Å². The van der Waals surface area contributed by atoms with Gasteiger partial charge in [-0.1, -0.05) is 17.7 Å². The van der Waals surface area contributed by atoms with Gasteiger partial charge in [-0.2, -0.15) is 0 Å². The van der Waals surface area contributed by atoms with E-state index in [9.17, 15) is 8.78 Å². The molecule has 0 spiro atoms. The van der Waals surface area contributed by atoms with E-state index in [1.807, 2.05) is 0 Å². The first-order valence-electron chi connectivity index (χ1n) is 5.72. The third-order valence-electron chi connectivity index (χ3n) is 2.69. The van der Waals surface area contributed by atoms with Gasteiger partial charge in [-0.3, -0.25) is 0 Å². The van der Waals surface area contributed by atoms with Crippen LogP contribution in [-0.2, 0) is 6.54 Å². The number of nitrogens with one attached hydrogen (secondary N) is 1. The van der Waals surface area contributed by atoms with Gasteiger partial charge in [-0.05, 0) is 45.8 Å². The second-order valence-corrected chi connectivity index (χ2v) is 5.33. The van der Waals surface area contributed by atoms with Crippen LogP contribution in [0.15, 0.2) is 34.8 Å². The molecule has 0 radical (unpaired) electrons. The zero-order chi connectivity index (χ0) is 14.7. The molecule has 20 heavy (non-hydrogen) atoms. The van der Waals surface area contributed by atoms with Gasteiger partial charge in [0.15, 0.2) is 11.6 Å². The number of hydrogen-bond donors (Lipinski definition) is 1. The van der Waals surface area contributed by atoms with Gasteiger partial charge < -0.3 is 10.1 Å². The minimum Gasteiger partial charge on any atom is -0.494 e. The van der Waals surface area contributed by atoms with E-state index < -0.39 is 11.6 Å². The predicted octanol–water partition coefficient (Wildman–Crippen LogP) is 5.00. The second kappa shape index (κ2) is 6.41. The molecule has 6 heteroatoms. The van der Waals surface area contributed by atoms with E-state index in [1.54, 1.807) is 12.1 Å². The highest BCUT2D eigenvalue weighted by Crippen LogP contribution is 2.32. The first-order valence-corrected chi connectivity index (χ1v) is 6.89. The fourth-order valence-corrected chi connectivity index (χ4v) is 2.68. The lowest BCUT2D eigenvalue weighted by molar-refractivity contribution is 0.386. The molecule has 0 amide bonds. The van der Waals surface area contributed by atoms with Crippen molar-refractivity contribution in [1.29, 1.82) is 0 Å². The van der Waals surface area contributed by atoms with Crippen molar-refractivity contribution in [3.8, 4) is 5.75 Å². The van der Waals surface area contributed by atoms with E-state index in [0.29, 0.717) is 16.7 Å². The molecule has 0 bridgehead atoms. The van der Waals surface area contributed by atoms with E-state index in [1.165, 1.54) is 25.3 Å². The molecule has 0 atom stereocenters. The molecule has 0 aliphatic rings. The van der Waals surface area contributed by atoms with Crippen LogP contribution >= 0.6 is 27.5 Å². The quantitative estimate of drug-likeness (QED) is 0.826. The average molecular weight is 363 g/mol. The van der Waals surface area contributed by atoms with Crippen LogP contribution in [-0.4, -0.2) is 7.11 Å². The molecule has 0 aliphatic carbocycles. The van der Waals surface area contributed by atoms with Crippen LogP contribution in [0.2, 0.25) is 5.02 Å². The number of rotatable bonds is 4. The maximum absolute atomic E-state index is 13.6. The zero-order valence-corrected chi connectivity index (χ0v) is 12.9. The topological polar surface area (TPSA) is 21.3 Å². The molecule has 0 saturated carbocycles. The lowest BCUT2D eigenvalue weighted by atomic mass is 10.2. The molecule has 2 aromatic carbocycles. The van der Waals surface area contributed by atoms with Gasteiger partial charge in [0.25, 0.3) is 0 Å². The number of halogens is 4. The van der Waals surface area contributed by atoms with Crippen LogP contribution < -0.4 is 10.1 Å². The summed E-state index contributed by atoms with van der Waals surface area (Å²) in [6.45, 7) is 0.352. The average Bonchev–Trinajstić information content (AvgIpc) is 2.37. The third-order valence-corrected chi connectivity index (χ3v) is 3.62. The molecule has 2 aromatic rings. The van der Waals surface area contributed by atoms with Crippen molar-refractivity contribution in [3.63, 3.8) is 0 Å². The SMILES string of the molecule is COc1ccc(CNc2c(Cl)cc(F)cc2Br)cc1F. The summed E-state index contributed by atoms with van der Waals surface area (Å²) in [5.74, 6) is -0.672. The highest BCUT2D eigenvalue weighted by molar-refractivity contribution is 9.10. The largest absolute Gasteiger partial charge is 0.494 e. The molecule has 0 aliphatic heterocycles. The summed E-state index contributed by atoms with van der Waals surface area (Å²) in [6.07, 6.45) is 0. The van der Waals surface area contributed by atoms with Crippen LogP contribution in [0.5, 0.6) is 5.75 Å². The van der Waals surface area contributed by atoms with Crippen molar-refractivity contribution in [2.75, 3.05) is 12.4 Å². The van der Waals surface area contributed by atoms with Crippen LogP contribution in [0.3, 0.4) is 0 Å². The summed E-state index contributed by atoms with van der Waals surface area (Å²) >= 11 is 9.18. The maximum atomic E-state index is 13.6. The number of methoxy groups -OCH3 is 1. The lowest BCUT2D eigenvalue weighted by Crippen LogP contribution is -2.02. The predicted molar refractivity (Wildman–Crippen MR) is 79.4 cm³/mol. The Morgan fingerprint density at radius 3 is 2.60 bits per heavy atom. The van der Waals surface area contributed by atoms with Crippen molar-refractivity contribution in [2.45, 2.75) is 6.54 Å². The smallest absolute Gasteiger partial charge is 0.165 e. The van der Waals surface area contributed by atoms with Gasteiger partial charge in [0, 0.05) is 11.0 Å². The molecule has 2 rings (SSSR count). The monoisotopic (exact) mass is 361 g/mol. The fourth-order valence-electron chi connectivity index (χ4n) is 1.72. The van der Waals surface area contributed by atoms with Gasteiger partial charge in [-0.15, -0.1) is 0 Å². The lowest BCUT2D eigenvalue weighted by Gasteiger charge is -2.11. The molecule has 0 fully saturated rings. The van der Waals surface area contributed by atoms with Crippen molar-refractivity contribution in [3.05, 3.63) is 57.0 Å². The van der Waals surface area contributed by atoms with Gasteiger partial charge in [0.1, 0.15) is 5.82 Å². The summed E-state index contributed by atoms with van der Waals surface area (Å²) in [5.41, 5.74) is 1.28. The summed E-state index contributed by atoms with van der Waals surface area (Å²) in [4.78, 5) is 0. The number of benzene rings is 2. The molecule has 0 unspecified atom stereocenters. The molecule has 2 nitrogen and oxygen atoms in total. The molecule has 0 aromatic heterocycles. The third kappa shape index (κ3) is 3.41. The molecule has 1 N–H and O–H groups in total. The Balaban J connectivity index is 2.15. The van der Waals surface area contributed by atoms with Crippen molar-refractivity contribution < 1.29 is 13.5 Å². The molecule has 106 valence electrons. The minimum atomic E-state index is -0.434. The molecule has 0 saturated heterocycles. The van der Waals surface area contributed by atoms with Crippen molar-refractivity contribution in [1.82, 2.24) is 0 Å². The van der Waals surface area contributed by atoms with Crippen LogP contribution in [0.1, 0.15) is 5.56 Å². The van der Waals surface area contributed by atoms with Crippen LogP contribution in [0, 0.1) is 11.6 Å². The van der Waals surface area contributed by atoms with Gasteiger partial charge >= 0.3 is 0 Å². The molecule has 0 heterocycles. The normalized spacial score (nSPS) is 10.4. The number of ether oxygens (including phenoxy) is 1. The number of hydrogen-bond acceptors (Lipinski definition) is 2. The Bertz CT molecular complexity index is 614. The Hall–Kier alpha value is -1.33. The van der Waals surface area contributed by atoms with E-state index >= 15 is 0 Å². The van der Waals surface area contributed by atoms with Gasteiger partial charge in [0.05, 0.1) is 17.8 Å². The molecular weight excluding hydrogens is 352 g/mol. The van der Waals surface area contributed by atoms with Crippen molar-refractivity contribution in [2.24, 2.45) is 0 Å². The second-order valence-electron chi connectivity index (χ2n) is 4.07. The Kier molecular flexibility index (Phi) is 4.83. The minimum absolute atomic E-state index is 0.190. The standard InChI is InChI=1S/C14H11BrClF2NO/c1-20-13-3-2-8(4-12(13)18)7-19-14-10(15)5-9(17)6-11(14)16/h2-6,19H,7H2,1H3. The Morgan fingerprint density at radius 2 is 2.00 bits per heavy atom. The highest BCUT2D eigenvalue weighted by atomic mass is 79.9.